The van der Waals surface area contributed by atoms with Crippen molar-refractivity contribution < 1.29 is 22.7 Å². The van der Waals surface area contributed by atoms with Gasteiger partial charge in [0.1, 0.15) is 18.3 Å². The third kappa shape index (κ3) is 8.24. The Kier molecular flexibility index (Phi) is 11.0. The smallest absolute Gasteiger partial charge is 0.244 e. The first-order valence-corrected chi connectivity index (χ1v) is 14.2. The fourth-order valence-electron chi connectivity index (χ4n) is 3.64. The fourth-order valence-corrected chi connectivity index (χ4v) is 5.12. The number of amides is 2. The van der Waals surface area contributed by atoms with Gasteiger partial charge in [-0.15, -0.1) is 0 Å². The van der Waals surface area contributed by atoms with E-state index in [-0.39, 0.29) is 12.5 Å². The molecule has 1 atom stereocenters. The van der Waals surface area contributed by atoms with Crippen molar-refractivity contribution in [3.63, 3.8) is 0 Å². The third-order valence-corrected chi connectivity index (χ3v) is 7.30. The molecule has 0 bridgehead atoms. The van der Waals surface area contributed by atoms with E-state index < -0.39 is 28.5 Å². The van der Waals surface area contributed by atoms with Crippen molar-refractivity contribution in [3.8, 4) is 5.75 Å². The second-order valence-corrected chi connectivity index (χ2v) is 10.9. The van der Waals surface area contributed by atoms with Crippen LogP contribution in [-0.4, -0.2) is 57.6 Å². The summed E-state index contributed by atoms with van der Waals surface area (Å²) in [6.07, 6.45) is 3.19. The molecular weight excluding hydrogens is 534 g/mol. The molecule has 0 aliphatic heterocycles. The summed E-state index contributed by atoms with van der Waals surface area (Å²) in [5.74, 6) is -0.114. The van der Waals surface area contributed by atoms with Crippen LogP contribution in [0.1, 0.15) is 38.7 Å². The Morgan fingerprint density at radius 3 is 2.43 bits per heavy atom. The number of carbonyl (C=O) groups is 2. The molecule has 0 saturated carbocycles. The predicted octanol–water partition coefficient (Wildman–Crippen LogP) is 3.95. The lowest BCUT2D eigenvalue weighted by atomic mass is 10.1. The van der Waals surface area contributed by atoms with E-state index in [2.05, 4.69) is 21.2 Å². The van der Waals surface area contributed by atoms with Crippen LogP contribution in [0.25, 0.3) is 0 Å². The molecule has 0 radical (unpaired) electrons. The zero-order chi connectivity index (χ0) is 26.0. The van der Waals surface area contributed by atoms with Crippen LogP contribution < -0.4 is 14.4 Å². The number of benzene rings is 2. The van der Waals surface area contributed by atoms with E-state index in [0.29, 0.717) is 28.9 Å². The lowest BCUT2D eigenvalue weighted by Gasteiger charge is -2.33. The van der Waals surface area contributed by atoms with Crippen LogP contribution in [0.2, 0.25) is 0 Å². The van der Waals surface area contributed by atoms with E-state index in [1.807, 2.05) is 26.0 Å². The maximum Gasteiger partial charge on any atom is 0.244 e. The van der Waals surface area contributed by atoms with E-state index in [9.17, 15) is 18.0 Å². The van der Waals surface area contributed by atoms with E-state index in [1.54, 1.807) is 43.5 Å². The van der Waals surface area contributed by atoms with Crippen LogP contribution in [0.15, 0.2) is 53.0 Å². The van der Waals surface area contributed by atoms with E-state index >= 15 is 0 Å². The lowest BCUT2D eigenvalue weighted by Crippen LogP contribution is -2.52. The van der Waals surface area contributed by atoms with Crippen LogP contribution in [-0.2, 0) is 26.2 Å². The normalized spacial score (nSPS) is 12.0. The topological polar surface area (TPSA) is 96.0 Å². The number of halogens is 1. The molecular formula is C25H34BrN3O5S. The highest BCUT2D eigenvalue weighted by atomic mass is 79.9. The summed E-state index contributed by atoms with van der Waals surface area (Å²) in [6.45, 7) is 4.06. The number of ether oxygens (including phenoxy) is 1. The Hall–Kier alpha value is -2.59. The molecule has 35 heavy (non-hydrogen) atoms. The average Bonchev–Trinajstić information content (AvgIpc) is 2.82. The molecule has 2 rings (SSSR count). The number of para-hydroxylation sites is 1. The van der Waals surface area contributed by atoms with Crippen molar-refractivity contribution in [3.05, 3.63) is 58.6 Å². The number of methoxy groups -OCH3 is 1. The summed E-state index contributed by atoms with van der Waals surface area (Å²) >= 11 is 3.38. The molecule has 0 aromatic heterocycles. The SMILES string of the molecule is CCCCNC(=O)[C@H](CC)N(Cc1cccc(OC)c1)C(=O)CN(c1ccccc1Br)S(C)(=O)=O. The van der Waals surface area contributed by atoms with Crippen LogP contribution >= 0.6 is 15.9 Å². The van der Waals surface area contributed by atoms with Gasteiger partial charge in [-0.2, -0.15) is 0 Å². The highest BCUT2D eigenvalue weighted by Gasteiger charge is 2.32. The second kappa shape index (κ2) is 13.5. The number of hydrogen-bond donors (Lipinski definition) is 1. The highest BCUT2D eigenvalue weighted by Crippen LogP contribution is 2.28. The Morgan fingerprint density at radius 2 is 1.83 bits per heavy atom. The van der Waals surface area contributed by atoms with Gasteiger partial charge in [0.2, 0.25) is 21.8 Å². The Labute approximate surface area is 216 Å². The molecule has 1 N–H and O–H groups in total. The second-order valence-electron chi connectivity index (χ2n) is 8.16. The molecule has 10 heteroatoms. The van der Waals surface area contributed by atoms with Gasteiger partial charge in [0.25, 0.3) is 0 Å². The molecule has 0 unspecified atom stereocenters. The maximum atomic E-state index is 13.7. The summed E-state index contributed by atoms with van der Waals surface area (Å²) in [5.41, 5.74) is 1.12. The molecule has 0 aliphatic rings. The van der Waals surface area contributed by atoms with Gasteiger partial charge < -0.3 is 15.0 Å². The number of unbranched alkanes of at least 4 members (excludes halogenated alkanes) is 1. The minimum atomic E-state index is -3.79. The molecule has 2 amide bonds. The van der Waals surface area contributed by atoms with Crippen LogP contribution in [0.4, 0.5) is 5.69 Å². The molecule has 0 saturated heterocycles. The van der Waals surface area contributed by atoms with Gasteiger partial charge in [-0.05, 0) is 58.6 Å². The van der Waals surface area contributed by atoms with Crippen molar-refractivity contribution in [2.75, 3.05) is 30.8 Å². The summed E-state index contributed by atoms with van der Waals surface area (Å²) in [6, 6.07) is 13.3. The molecule has 0 heterocycles. The standard InChI is InChI=1S/C25H34BrN3O5S/c1-5-7-15-27-25(31)22(6-2)28(17-19-11-10-12-20(16-19)34-3)24(30)18-29(35(4,32)33)23-14-9-8-13-21(23)26/h8-14,16,22H,5-7,15,17-18H2,1-4H3,(H,27,31)/t22-/m0/s1. The van der Waals surface area contributed by atoms with Gasteiger partial charge in [-0.25, -0.2) is 8.42 Å². The summed E-state index contributed by atoms with van der Waals surface area (Å²) in [4.78, 5) is 28.2. The molecule has 0 aliphatic carbocycles. The van der Waals surface area contributed by atoms with Gasteiger partial charge in [-0.3, -0.25) is 13.9 Å². The van der Waals surface area contributed by atoms with E-state index in [4.69, 9.17) is 4.74 Å². The largest absolute Gasteiger partial charge is 0.497 e. The zero-order valence-electron chi connectivity index (χ0n) is 20.7. The van der Waals surface area contributed by atoms with Crippen molar-refractivity contribution in [1.29, 1.82) is 0 Å². The molecule has 2 aromatic rings. The van der Waals surface area contributed by atoms with Gasteiger partial charge in [0, 0.05) is 17.6 Å². The molecule has 2 aromatic carbocycles. The Morgan fingerprint density at radius 1 is 1.11 bits per heavy atom. The molecule has 0 spiro atoms. The Bertz CT molecular complexity index is 1110. The fraction of sp³-hybridized carbons (Fsp3) is 0.440. The average molecular weight is 569 g/mol. The maximum absolute atomic E-state index is 13.7. The number of carbonyl (C=O) groups excluding carboxylic acids is 2. The highest BCUT2D eigenvalue weighted by molar-refractivity contribution is 9.10. The van der Waals surface area contributed by atoms with Gasteiger partial charge >= 0.3 is 0 Å². The Balaban J connectivity index is 2.43. The van der Waals surface area contributed by atoms with E-state index in [1.165, 1.54) is 4.90 Å². The number of nitrogens with one attached hydrogen (secondary N) is 1. The van der Waals surface area contributed by atoms with Crippen molar-refractivity contribution >= 4 is 43.5 Å². The predicted molar refractivity (Wildman–Crippen MR) is 142 cm³/mol. The van der Waals surface area contributed by atoms with E-state index in [0.717, 1.165) is 29.0 Å². The first-order valence-electron chi connectivity index (χ1n) is 11.5. The van der Waals surface area contributed by atoms with Crippen molar-refractivity contribution in [1.82, 2.24) is 10.2 Å². The van der Waals surface area contributed by atoms with Crippen molar-refractivity contribution in [2.24, 2.45) is 0 Å². The lowest BCUT2D eigenvalue weighted by molar-refractivity contribution is -0.140. The third-order valence-electron chi connectivity index (χ3n) is 5.50. The minimum Gasteiger partial charge on any atom is -0.497 e. The summed E-state index contributed by atoms with van der Waals surface area (Å²) in [7, 11) is -2.23. The number of anilines is 1. The number of rotatable bonds is 13. The molecule has 8 nitrogen and oxygen atoms in total. The number of sulfonamides is 1. The molecule has 0 fully saturated rings. The first kappa shape index (κ1) is 28.6. The quantitative estimate of drug-likeness (QED) is 0.370. The van der Waals surface area contributed by atoms with Crippen LogP contribution in [0, 0.1) is 0 Å². The van der Waals surface area contributed by atoms with Crippen LogP contribution in [0.5, 0.6) is 5.75 Å². The van der Waals surface area contributed by atoms with Crippen molar-refractivity contribution in [2.45, 2.75) is 45.7 Å². The number of hydrogen-bond acceptors (Lipinski definition) is 5. The van der Waals surface area contributed by atoms with Gasteiger partial charge in [-0.1, -0.05) is 44.5 Å². The minimum absolute atomic E-state index is 0.128. The summed E-state index contributed by atoms with van der Waals surface area (Å²) < 4.78 is 32.2. The van der Waals surface area contributed by atoms with Gasteiger partial charge in [0.05, 0.1) is 19.1 Å². The first-order chi connectivity index (χ1) is 16.6. The molecule has 192 valence electrons. The zero-order valence-corrected chi connectivity index (χ0v) is 23.1. The van der Waals surface area contributed by atoms with Crippen LogP contribution in [0.3, 0.4) is 0 Å². The van der Waals surface area contributed by atoms with Gasteiger partial charge in [0.15, 0.2) is 0 Å². The summed E-state index contributed by atoms with van der Waals surface area (Å²) in [5, 5.41) is 2.91. The number of nitrogens with zero attached hydrogens (tertiary/aromatic N) is 2. The monoisotopic (exact) mass is 567 g/mol.